The van der Waals surface area contributed by atoms with E-state index in [0.717, 1.165) is 0 Å². The Morgan fingerprint density at radius 3 is 2.47 bits per heavy atom. The highest BCUT2D eigenvalue weighted by Crippen LogP contribution is 2.38. The molecule has 1 aliphatic rings. The second-order valence-corrected chi connectivity index (χ2v) is 9.52. The van der Waals surface area contributed by atoms with Gasteiger partial charge in [0.05, 0.1) is 22.0 Å². The lowest BCUT2D eigenvalue weighted by Gasteiger charge is -2.37. The monoisotopic (exact) mass is 460 g/mol. The Morgan fingerprint density at radius 1 is 1.16 bits per heavy atom. The Balaban J connectivity index is 2.31. The Hall–Kier alpha value is -3.08. The second kappa shape index (κ2) is 9.60. The van der Waals surface area contributed by atoms with E-state index in [1.165, 1.54) is 30.3 Å². The summed E-state index contributed by atoms with van der Waals surface area (Å²) in [4.78, 5) is 23.8. The fourth-order valence-corrected chi connectivity index (χ4v) is 6.01. The van der Waals surface area contributed by atoms with Crippen LogP contribution in [0, 0.1) is 10.1 Å². The zero-order chi connectivity index (χ0) is 23.5. The van der Waals surface area contributed by atoms with E-state index < -0.39 is 44.7 Å². The summed E-state index contributed by atoms with van der Waals surface area (Å²) in [5, 5.41) is 22.3. The number of hydrogen-bond acceptors (Lipinski definition) is 8. The van der Waals surface area contributed by atoms with Crippen molar-refractivity contribution in [1.82, 2.24) is 5.32 Å². The summed E-state index contributed by atoms with van der Waals surface area (Å²) in [7, 11) is -4.00. The highest BCUT2D eigenvalue weighted by atomic mass is 32.2. The lowest BCUT2D eigenvalue weighted by atomic mass is 9.86. The highest BCUT2D eigenvalue weighted by Gasteiger charge is 2.44. The van der Waals surface area contributed by atoms with Crippen LogP contribution in [0.5, 0.6) is 0 Å². The molecule has 1 aliphatic heterocycles. The van der Waals surface area contributed by atoms with Crippen LogP contribution in [0.2, 0.25) is 0 Å². The van der Waals surface area contributed by atoms with Crippen molar-refractivity contribution in [2.45, 2.75) is 36.1 Å². The number of sulfone groups is 1. The van der Waals surface area contributed by atoms with Gasteiger partial charge in [0.1, 0.15) is 11.9 Å². The van der Waals surface area contributed by atoms with Crippen LogP contribution < -0.4 is 5.32 Å². The standard InChI is InChI=1S/C22H24N2O7S/c1-14-19(22(26)31-12-11-25)20(16-7-6-8-17(13-16)24(27)28)21(15(2)23-14)32(29,30)18-9-4-3-5-10-18/h3-10,13-15,21,23,25H,11-12H2,1-2H3. The van der Waals surface area contributed by atoms with E-state index in [9.17, 15) is 23.3 Å². The molecule has 0 bridgehead atoms. The van der Waals surface area contributed by atoms with Crippen LogP contribution in [0.25, 0.3) is 5.57 Å². The minimum absolute atomic E-state index is 0.0570. The van der Waals surface area contributed by atoms with Gasteiger partial charge in [-0.15, -0.1) is 0 Å². The molecular formula is C22H24N2O7S. The predicted molar refractivity (Wildman–Crippen MR) is 118 cm³/mol. The maximum Gasteiger partial charge on any atom is 0.336 e. The van der Waals surface area contributed by atoms with Crippen molar-refractivity contribution in [2.24, 2.45) is 0 Å². The SMILES string of the molecule is CC1NC(C)C(S(=O)(=O)c2ccccc2)C(c2cccc([N+](=O)[O-])c2)=C1C(=O)OCCO. The first-order valence-electron chi connectivity index (χ1n) is 10.00. The first kappa shape index (κ1) is 23.6. The van der Waals surface area contributed by atoms with Crippen molar-refractivity contribution in [3.63, 3.8) is 0 Å². The second-order valence-electron chi connectivity index (χ2n) is 7.45. The first-order valence-corrected chi connectivity index (χ1v) is 11.5. The number of hydrogen-bond donors (Lipinski definition) is 2. The third-order valence-corrected chi connectivity index (χ3v) is 7.53. The lowest BCUT2D eigenvalue weighted by molar-refractivity contribution is -0.384. The van der Waals surface area contributed by atoms with Gasteiger partial charge in [-0.05, 0) is 37.1 Å². The van der Waals surface area contributed by atoms with Crippen LogP contribution in [-0.4, -0.2) is 55.0 Å². The fourth-order valence-electron chi connectivity index (χ4n) is 3.99. The van der Waals surface area contributed by atoms with E-state index >= 15 is 0 Å². The normalized spacial score (nSPS) is 21.3. The lowest BCUT2D eigenvalue weighted by Crippen LogP contribution is -2.53. The molecule has 0 radical (unpaired) electrons. The van der Waals surface area contributed by atoms with E-state index in [0.29, 0.717) is 0 Å². The topological polar surface area (TPSA) is 136 Å². The number of esters is 1. The van der Waals surface area contributed by atoms with Crippen LogP contribution >= 0.6 is 0 Å². The predicted octanol–water partition coefficient (Wildman–Crippen LogP) is 2.11. The molecule has 2 N–H and O–H groups in total. The highest BCUT2D eigenvalue weighted by molar-refractivity contribution is 7.92. The zero-order valence-corrected chi connectivity index (χ0v) is 18.4. The quantitative estimate of drug-likeness (QED) is 0.364. The molecule has 0 amide bonds. The molecular weight excluding hydrogens is 436 g/mol. The number of aliphatic hydroxyl groups is 1. The number of non-ortho nitro benzene ring substituents is 1. The molecule has 9 nitrogen and oxygen atoms in total. The summed E-state index contributed by atoms with van der Waals surface area (Å²) in [5.41, 5.74) is 0.230. The Bertz CT molecular complexity index is 1150. The van der Waals surface area contributed by atoms with Crippen molar-refractivity contribution < 1.29 is 28.0 Å². The van der Waals surface area contributed by atoms with Gasteiger partial charge < -0.3 is 15.2 Å². The van der Waals surface area contributed by atoms with E-state index in [1.54, 1.807) is 38.1 Å². The average Bonchev–Trinajstić information content (AvgIpc) is 2.77. The molecule has 1 heterocycles. The van der Waals surface area contributed by atoms with Gasteiger partial charge in [0.25, 0.3) is 5.69 Å². The van der Waals surface area contributed by atoms with Gasteiger partial charge >= 0.3 is 5.97 Å². The van der Waals surface area contributed by atoms with Gasteiger partial charge in [0.2, 0.25) is 0 Å². The van der Waals surface area contributed by atoms with Gasteiger partial charge in [0, 0.05) is 24.2 Å². The summed E-state index contributed by atoms with van der Waals surface area (Å²) < 4.78 is 32.5. The van der Waals surface area contributed by atoms with Crippen LogP contribution in [0.3, 0.4) is 0 Å². The fraction of sp³-hybridized carbons (Fsp3) is 0.318. The summed E-state index contributed by atoms with van der Waals surface area (Å²) in [5.74, 6) is -0.791. The van der Waals surface area contributed by atoms with Gasteiger partial charge in [0.15, 0.2) is 9.84 Å². The van der Waals surface area contributed by atoms with Crippen molar-refractivity contribution in [3.8, 4) is 0 Å². The number of nitro benzene ring substituents is 1. The molecule has 3 atom stereocenters. The molecule has 0 spiro atoms. The summed E-state index contributed by atoms with van der Waals surface area (Å²) in [6.07, 6.45) is 0. The summed E-state index contributed by atoms with van der Waals surface area (Å²) in [6.45, 7) is 2.72. The summed E-state index contributed by atoms with van der Waals surface area (Å²) >= 11 is 0. The molecule has 0 saturated carbocycles. The van der Waals surface area contributed by atoms with Crippen LogP contribution in [0.1, 0.15) is 19.4 Å². The third kappa shape index (κ3) is 4.57. The van der Waals surface area contributed by atoms with Crippen molar-refractivity contribution in [3.05, 3.63) is 75.8 Å². The number of nitrogens with zero attached hydrogens (tertiary/aromatic N) is 1. The minimum Gasteiger partial charge on any atom is -0.460 e. The number of carbonyl (C=O) groups is 1. The first-order chi connectivity index (χ1) is 15.2. The molecule has 0 aromatic heterocycles. The smallest absolute Gasteiger partial charge is 0.336 e. The molecule has 170 valence electrons. The third-order valence-electron chi connectivity index (χ3n) is 5.29. The van der Waals surface area contributed by atoms with Crippen molar-refractivity contribution >= 4 is 27.1 Å². The van der Waals surface area contributed by atoms with E-state index in [2.05, 4.69) is 5.32 Å². The van der Waals surface area contributed by atoms with E-state index in [4.69, 9.17) is 9.84 Å². The van der Waals surface area contributed by atoms with Crippen LogP contribution in [-0.2, 0) is 19.4 Å². The van der Waals surface area contributed by atoms with Crippen LogP contribution in [0.4, 0.5) is 5.69 Å². The number of rotatable bonds is 7. The van der Waals surface area contributed by atoms with Gasteiger partial charge in [-0.1, -0.05) is 30.3 Å². The maximum atomic E-state index is 13.7. The zero-order valence-electron chi connectivity index (χ0n) is 17.6. The minimum atomic E-state index is -4.00. The average molecular weight is 461 g/mol. The maximum absolute atomic E-state index is 13.7. The van der Waals surface area contributed by atoms with Gasteiger partial charge in [-0.25, -0.2) is 13.2 Å². The van der Waals surface area contributed by atoms with Crippen molar-refractivity contribution in [2.75, 3.05) is 13.2 Å². The molecule has 3 rings (SSSR count). The Labute approximate surface area is 185 Å². The number of ether oxygens (including phenoxy) is 1. The van der Waals surface area contributed by atoms with E-state index in [1.807, 2.05) is 0 Å². The number of nitro groups is 1. The molecule has 0 saturated heterocycles. The Kier molecular flexibility index (Phi) is 7.07. The largest absolute Gasteiger partial charge is 0.460 e. The molecule has 0 aliphatic carbocycles. The molecule has 3 unspecified atom stereocenters. The molecule has 10 heteroatoms. The van der Waals surface area contributed by atoms with Gasteiger partial charge in [-0.3, -0.25) is 10.1 Å². The van der Waals surface area contributed by atoms with Crippen LogP contribution in [0.15, 0.2) is 65.1 Å². The van der Waals surface area contributed by atoms with E-state index in [-0.39, 0.29) is 33.9 Å². The van der Waals surface area contributed by atoms with Gasteiger partial charge in [-0.2, -0.15) is 0 Å². The number of carbonyl (C=O) groups excluding carboxylic acids is 1. The Morgan fingerprint density at radius 2 is 1.84 bits per heavy atom. The molecule has 2 aromatic rings. The number of nitrogens with one attached hydrogen (secondary N) is 1. The summed E-state index contributed by atoms with van der Waals surface area (Å²) in [6, 6.07) is 12.2. The molecule has 32 heavy (non-hydrogen) atoms. The molecule has 0 fully saturated rings. The van der Waals surface area contributed by atoms with Crippen molar-refractivity contribution in [1.29, 1.82) is 0 Å². The number of aliphatic hydroxyl groups excluding tert-OH is 1. The molecule has 2 aromatic carbocycles. The number of benzene rings is 2.